The van der Waals surface area contributed by atoms with E-state index in [1.54, 1.807) is 12.2 Å². The summed E-state index contributed by atoms with van der Waals surface area (Å²) in [5, 5.41) is 2.45. The van der Waals surface area contributed by atoms with Crippen LogP contribution in [0.3, 0.4) is 0 Å². The van der Waals surface area contributed by atoms with Gasteiger partial charge in [0.05, 0.1) is 12.1 Å². The van der Waals surface area contributed by atoms with Crippen molar-refractivity contribution in [3.05, 3.63) is 104 Å². The van der Waals surface area contributed by atoms with Gasteiger partial charge in [0.25, 0.3) is 0 Å². The van der Waals surface area contributed by atoms with Gasteiger partial charge in [-0.3, -0.25) is 9.59 Å². The Morgan fingerprint density at radius 2 is 1.44 bits per heavy atom. The molecule has 0 radical (unpaired) electrons. The molecule has 4 rings (SSSR count). The van der Waals surface area contributed by atoms with Gasteiger partial charge in [-0.05, 0) is 48.4 Å². The molecule has 10 heteroatoms. The molecule has 0 saturated carbocycles. The van der Waals surface area contributed by atoms with Gasteiger partial charge >= 0.3 is 31.0 Å². The molecule has 45 heavy (non-hydrogen) atoms. The summed E-state index contributed by atoms with van der Waals surface area (Å²) >= 11 is 4.97. The Balaban J connectivity index is 0. The maximum absolute atomic E-state index is 12.0. The molecule has 2 atom stereocenters. The van der Waals surface area contributed by atoms with Crippen molar-refractivity contribution in [2.45, 2.75) is 77.8 Å². The topological polar surface area (TPSA) is 102 Å². The SMILES string of the molecule is C.C=CCCC(=O)Cl.C=CCCC(=O)N1C(=O)OC[C@H]1Cc1ccccc1.O=C1N[C@H](Cc2ccccc2)CO1.[CH2-]CCC.[Li+]. The van der Waals surface area contributed by atoms with Crippen LogP contribution in [-0.2, 0) is 31.9 Å². The first-order valence-electron chi connectivity index (χ1n) is 14.4. The van der Waals surface area contributed by atoms with E-state index in [0.29, 0.717) is 38.7 Å². The number of nitrogens with zero attached hydrogens (tertiary/aromatic N) is 1. The van der Waals surface area contributed by atoms with Crippen LogP contribution in [0.15, 0.2) is 86.0 Å². The van der Waals surface area contributed by atoms with Gasteiger partial charge in [0.2, 0.25) is 11.1 Å². The minimum Gasteiger partial charge on any atom is -0.447 e. The first-order valence-corrected chi connectivity index (χ1v) is 14.8. The first-order chi connectivity index (χ1) is 20.7. The number of unbranched alkanes of at least 4 members (excludes halogenated alkanes) is 1. The van der Waals surface area contributed by atoms with E-state index in [2.05, 4.69) is 32.3 Å². The van der Waals surface area contributed by atoms with Gasteiger partial charge in [-0.25, -0.2) is 14.5 Å². The van der Waals surface area contributed by atoms with Crippen LogP contribution in [0.25, 0.3) is 0 Å². The number of hydrogen-bond donors (Lipinski definition) is 1. The van der Waals surface area contributed by atoms with Gasteiger partial charge in [-0.2, -0.15) is 6.42 Å². The summed E-state index contributed by atoms with van der Waals surface area (Å²) in [4.78, 5) is 45.5. The Labute approximate surface area is 286 Å². The van der Waals surface area contributed by atoms with Crippen LogP contribution in [0.5, 0.6) is 0 Å². The maximum atomic E-state index is 12.0. The second kappa shape index (κ2) is 27.0. The second-order valence-corrected chi connectivity index (χ2v) is 10.1. The molecule has 2 aliphatic rings. The number of alkyl carbamates (subject to hydrolysis) is 1. The van der Waals surface area contributed by atoms with Gasteiger partial charge in [0, 0.05) is 12.8 Å². The number of rotatable bonds is 11. The molecule has 0 spiro atoms. The van der Waals surface area contributed by atoms with Crippen molar-refractivity contribution in [2.75, 3.05) is 13.2 Å². The Morgan fingerprint density at radius 1 is 0.933 bits per heavy atom. The quantitative estimate of drug-likeness (QED) is 0.164. The normalized spacial score (nSPS) is 15.7. The van der Waals surface area contributed by atoms with Crippen LogP contribution < -0.4 is 24.2 Å². The Bertz CT molecular complexity index is 1130. The zero-order chi connectivity index (χ0) is 31.9. The van der Waals surface area contributed by atoms with E-state index in [0.717, 1.165) is 18.4 Å². The molecule has 2 aromatic carbocycles. The second-order valence-electron chi connectivity index (χ2n) is 9.68. The van der Waals surface area contributed by atoms with E-state index in [1.165, 1.54) is 16.9 Å². The predicted molar refractivity (Wildman–Crippen MR) is 177 cm³/mol. The van der Waals surface area contributed by atoms with Crippen LogP contribution >= 0.6 is 11.6 Å². The molecule has 1 N–H and O–H groups in total. The van der Waals surface area contributed by atoms with Gasteiger partial charge in [0.15, 0.2) is 0 Å². The van der Waals surface area contributed by atoms with Gasteiger partial charge in [0.1, 0.15) is 13.2 Å². The molecule has 0 unspecified atom stereocenters. The third-order valence-corrected chi connectivity index (χ3v) is 6.26. The molecular formula is C35H48ClLiN2O6. The number of imide groups is 1. The molecular weight excluding hydrogens is 587 g/mol. The van der Waals surface area contributed by atoms with Crippen LogP contribution in [0.1, 0.15) is 64.0 Å². The van der Waals surface area contributed by atoms with E-state index in [-0.39, 0.29) is 62.2 Å². The molecule has 2 heterocycles. The predicted octanol–water partition coefficient (Wildman–Crippen LogP) is 4.86. The van der Waals surface area contributed by atoms with Gasteiger partial charge in [-0.15, -0.1) is 13.2 Å². The van der Waals surface area contributed by atoms with Crippen LogP contribution in [0, 0.1) is 6.92 Å². The van der Waals surface area contributed by atoms with Crippen molar-refractivity contribution in [3.8, 4) is 0 Å². The number of carbonyl (C=O) groups excluding carboxylic acids is 4. The fourth-order valence-corrected chi connectivity index (χ4v) is 3.91. The van der Waals surface area contributed by atoms with E-state index in [4.69, 9.17) is 21.1 Å². The first kappa shape index (κ1) is 43.8. The van der Waals surface area contributed by atoms with Crippen molar-refractivity contribution in [2.24, 2.45) is 0 Å². The number of ether oxygens (including phenoxy) is 2. The zero-order valence-electron chi connectivity index (χ0n) is 26.0. The van der Waals surface area contributed by atoms with E-state index < -0.39 is 6.09 Å². The summed E-state index contributed by atoms with van der Waals surface area (Å²) in [6, 6.07) is 19.8. The monoisotopic (exact) mass is 634 g/mol. The van der Waals surface area contributed by atoms with Crippen molar-refractivity contribution >= 4 is 34.9 Å². The number of cyclic esters (lactones) is 2. The number of halogens is 1. The fraction of sp³-hybridized carbons (Fsp3) is 0.400. The summed E-state index contributed by atoms with van der Waals surface area (Å²) in [5.41, 5.74) is 2.31. The maximum Gasteiger partial charge on any atom is 1.00 e. The third kappa shape index (κ3) is 19.6. The van der Waals surface area contributed by atoms with Crippen LogP contribution in [-0.4, -0.2) is 53.5 Å². The molecule has 0 aromatic heterocycles. The molecule has 0 aliphatic carbocycles. The zero-order valence-corrected chi connectivity index (χ0v) is 26.8. The summed E-state index contributed by atoms with van der Waals surface area (Å²) in [7, 11) is 0. The minimum atomic E-state index is -0.532. The molecule has 2 saturated heterocycles. The smallest absolute Gasteiger partial charge is 0.447 e. The minimum absolute atomic E-state index is 0. The molecule has 0 bridgehead atoms. The number of nitrogens with one attached hydrogen (secondary N) is 1. The number of benzene rings is 2. The van der Waals surface area contributed by atoms with Crippen LogP contribution in [0.2, 0.25) is 0 Å². The van der Waals surface area contributed by atoms with Crippen molar-refractivity contribution in [1.82, 2.24) is 10.2 Å². The Hall–Kier alpha value is -3.31. The number of amides is 3. The number of hydrogen-bond acceptors (Lipinski definition) is 6. The summed E-state index contributed by atoms with van der Waals surface area (Å²) < 4.78 is 9.78. The average molecular weight is 635 g/mol. The molecule has 2 fully saturated rings. The molecule has 2 aliphatic heterocycles. The summed E-state index contributed by atoms with van der Waals surface area (Å²) in [6.07, 6.45) is 8.21. The Morgan fingerprint density at radius 3 is 1.87 bits per heavy atom. The molecule has 8 nitrogen and oxygen atoms in total. The molecule has 3 amide bonds. The standard InChI is InChI=1S/C15H17NO3.C10H11NO2.C5H7ClO.C4H9.CH4.Li/c1-2-3-9-14(17)16-13(11-19-15(16)18)10-12-7-5-4-6-8-12;12-10-11-9(7-13-10)6-8-4-2-1-3-5-8;1-2-3-4-5(6)7;1-3-4-2;;/h2,4-8,13H,1,3,9-11H2;1-5,9H,6-7H2,(H,11,12);2H,1,3-4H2;1,3-4H2,2H3;1H4;/q;;;-1;;+1/t13-;9-;;;;/m11..../s1. The number of carbonyl (C=O) groups is 4. The molecule has 2 aromatic rings. The summed E-state index contributed by atoms with van der Waals surface area (Å²) in [6.45, 7) is 13.5. The van der Waals surface area contributed by atoms with E-state index in [1.807, 2.05) is 60.7 Å². The van der Waals surface area contributed by atoms with Gasteiger partial charge in [-0.1, -0.05) is 93.6 Å². The van der Waals surface area contributed by atoms with Crippen LogP contribution in [0.4, 0.5) is 9.59 Å². The van der Waals surface area contributed by atoms with Gasteiger partial charge < -0.3 is 21.7 Å². The summed E-state index contributed by atoms with van der Waals surface area (Å²) in [5.74, 6) is -0.191. The third-order valence-electron chi connectivity index (χ3n) is 6.07. The largest absolute Gasteiger partial charge is 1.00 e. The molecule has 242 valence electrons. The fourth-order valence-electron chi connectivity index (χ4n) is 3.80. The Kier molecular flexibility index (Phi) is 26.3. The average Bonchev–Trinajstić information content (AvgIpc) is 3.60. The van der Waals surface area contributed by atoms with E-state index >= 15 is 0 Å². The van der Waals surface area contributed by atoms with Crippen molar-refractivity contribution in [3.63, 3.8) is 0 Å². The number of allylic oxidation sites excluding steroid dienone is 2. The van der Waals surface area contributed by atoms with Crippen molar-refractivity contribution < 1.29 is 47.5 Å². The van der Waals surface area contributed by atoms with E-state index in [9.17, 15) is 19.2 Å². The van der Waals surface area contributed by atoms with Crippen molar-refractivity contribution in [1.29, 1.82) is 0 Å².